The van der Waals surface area contributed by atoms with E-state index in [0.717, 1.165) is 34.8 Å². The lowest BCUT2D eigenvalue weighted by Gasteiger charge is -2.18. The zero-order valence-corrected chi connectivity index (χ0v) is 21.0. The van der Waals surface area contributed by atoms with Gasteiger partial charge in [-0.15, -0.1) is 0 Å². The van der Waals surface area contributed by atoms with Crippen molar-refractivity contribution < 1.29 is 4.74 Å². The van der Waals surface area contributed by atoms with E-state index in [-0.39, 0.29) is 5.41 Å². The molecule has 1 N–H and O–H groups in total. The maximum atomic E-state index is 5.85. The van der Waals surface area contributed by atoms with Gasteiger partial charge in [0.2, 0.25) is 0 Å². The van der Waals surface area contributed by atoms with E-state index in [4.69, 9.17) is 19.7 Å². The highest BCUT2D eigenvalue weighted by atomic mass is 16.5. The molecule has 0 spiro atoms. The summed E-state index contributed by atoms with van der Waals surface area (Å²) in [6, 6.07) is 16.3. The lowest BCUT2D eigenvalue weighted by atomic mass is 9.87. The molecule has 0 saturated heterocycles. The Morgan fingerprint density at radius 1 is 1.03 bits per heavy atom. The van der Waals surface area contributed by atoms with Gasteiger partial charge in [-0.3, -0.25) is 4.98 Å². The number of hydrogen-bond donors (Lipinski definition) is 1. The van der Waals surface area contributed by atoms with Crippen LogP contribution in [0.15, 0.2) is 54.7 Å². The van der Waals surface area contributed by atoms with Crippen molar-refractivity contribution in [3.8, 4) is 11.4 Å². The van der Waals surface area contributed by atoms with Crippen LogP contribution in [-0.4, -0.2) is 40.1 Å². The van der Waals surface area contributed by atoms with E-state index in [0.29, 0.717) is 30.6 Å². The molecule has 4 aromatic rings. The van der Waals surface area contributed by atoms with Crippen LogP contribution in [0.2, 0.25) is 0 Å². The van der Waals surface area contributed by atoms with Crippen LogP contribution in [0.5, 0.6) is 0 Å². The van der Waals surface area contributed by atoms with Gasteiger partial charge in [0.15, 0.2) is 11.5 Å². The topological polar surface area (TPSA) is 76.1 Å². The van der Waals surface area contributed by atoms with Gasteiger partial charge in [-0.2, -0.15) is 0 Å². The first kappa shape index (κ1) is 23.2. The van der Waals surface area contributed by atoms with Gasteiger partial charge < -0.3 is 15.0 Å². The number of benzene rings is 1. The van der Waals surface area contributed by atoms with Crippen LogP contribution in [0.3, 0.4) is 0 Å². The number of ether oxygens (including phenoxy) is 1. The molecule has 0 amide bonds. The van der Waals surface area contributed by atoms with E-state index in [1.807, 2.05) is 30.3 Å². The minimum absolute atomic E-state index is 0.136. The summed E-state index contributed by atoms with van der Waals surface area (Å²) < 4.78 is 5.85. The highest BCUT2D eigenvalue weighted by Crippen LogP contribution is 2.41. The van der Waals surface area contributed by atoms with Crippen molar-refractivity contribution in [3.05, 3.63) is 66.1 Å². The van der Waals surface area contributed by atoms with E-state index in [1.165, 1.54) is 11.3 Å². The molecule has 1 aliphatic rings. The highest BCUT2D eigenvalue weighted by Gasteiger charge is 2.33. The van der Waals surface area contributed by atoms with Crippen LogP contribution in [0.25, 0.3) is 22.4 Å². The molecule has 0 aliphatic carbocycles. The number of nitrogens with one attached hydrogen (secondary N) is 1. The molecule has 5 rings (SSSR count). The van der Waals surface area contributed by atoms with E-state index in [9.17, 15) is 0 Å². The third kappa shape index (κ3) is 4.82. The molecule has 4 heterocycles. The van der Waals surface area contributed by atoms with Gasteiger partial charge in [0.1, 0.15) is 12.4 Å². The number of pyridine rings is 2. The number of rotatable bonds is 7. The third-order valence-electron chi connectivity index (χ3n) is 6.25. The Bertz CT molecular complexity index is 1350. The fraction of sp³-hybridized carbons (Fsp3) is 0.357. The van der Waals surface area contributed by atoms with Gasteiger partial charge >= 0.3 is 0 Å². The smallest absolute Gasteiger partial charge is 0.165 e. The molecule has 1 aliphatic heterocycles. The zero-order valence-electron chi connectivity index (χ0n) is 21.0. The van der Waals surface area contributed by atoms with E-state index in [2.05, 4.69) is 68.1 Å². The minimum Gasteiger partial charge on any atom is -0.373 e. The van der Waals surface area contributed by atoms with Gasteiger partial charge in [0.05, 0.1) is 16.8 Å². The number of nitrogens with zero attached hydrogens (tertiary/aromatic N) is 5. The number of aromatic nitrogens is 4. The average Bonchev–Trinajstić information content (AvgIpc) is 3.06. The molecule has 0 bridgehead atoms. The summed E-state index contributed by atoms with van der Waals surface area (Å²) in [7, 11) is 2.14. The highest BCUT2D eigenvalue weighted by molar-refractivity contribution is 5.90. The Labute approximate surface area is 206 Å². The summed E-state index contributed by atoms with van der Waals surface area (Å²) in [6.45, 7) is 10.8. The third-order valence-corrected chi connectivity index (χ3v) is 6.25. The van der Waals surface area contributed by atoms with Crippen LogP contribution in [0.1, 0.15) is 39.1 Å². The van der Waals surface area contributed by atoms with Gasteiger partial charge in [-0.05, 0) is 47.9 Å². The van der Waals surface area contributed by atoms with Gasteiger partial charge in [-0.1, -0.05) is 39.8 Å². The second-order valence-corrected chi connectivity index (χ2v) is 10.3. The van der Waals surface area contributed by atoms with Crippen LogP contribution in [0.4, 0.5) is 17.2 Å². The van der Waals surface area contributed by atoms with Crippen molar-refractivity contribution >= 4 is 28.2 Å². The normalized spacial score (nSPS) is 14.5. The molecule has 0 radical (unpaired) electrons. The molecule has 3 aromatic heterocycles. The van der Waals surface area contributed by atoms with Crippen molar-refractivity contribution in [2.45, 2.75) is 39.7 Å². The van der Waals surface area contributed by atoms with Crippen molar-refractivity contribution in [2.75, 3.05) is 30.4 Å². The predicted octanol–water partition coefficient (Wildman–Crippen LogP) is 5.73. The van der Waals surface area contributed by atoms with E-state index >= 15 is 0 Å². The average molecular weight is 469 g/mol. The number of fused-ring (bicyclic) bond motifs is 2. The zero-order chi connectivity index (χ0) is 24.6. The quantitative estimate of drug-likeness (QED) is 0.371. The summed E-state index contributed by atoms with van der Waals surface area (Å²) in [6.07, 6.45) is 1.77. The molecule has 180 valence electrons. The van der Waals surface area contributed by atoms with Gasteiger partial charge in [-0.25, -0.2) is 15.0 Å². The first-order valence-corrected chi connectivity index (χ1v) is 12.1. The Kier molecular flexibility index (Phi) is 6.11. The second kappa shape index (κ2) is 9.23. The number of likely N-dealkylation sites (N-methyl/N-ethyl adjacent to an activating group) is 1. The Morgan fingerprint density at radius 2 is 1.89 bits per heavy atom. The van der Waals surface area contributed by atoms with Crippen LogP contribution < -0.4 is 10.2 Å². The van der Waals surface area contributed by atoms with Crippen molar-refractivity contribution in [1.82, 2.24) is 19.9 Å². The Balaban J connectivity index is 1.53. The first-order valence-electron chi connectivity index (χ1n) is 12.1. The van der Waals surface area contributed by atoms with Crippen molar-refractivity contribution in [1.29, 1.82) is 0 Å². The second-order valence-electron chi connectivity index (χ2n) is 10.3. The summed E-state index contributed by atoms with van der Waals surface area (Å²) in [5.41, 5.74) is 5.93. The van der Waals surface area contributed by atoms with Crippen LogP contribution in [-0.2, 0) is 16.8 Å². The molecule has 0 fully saturated rings. The van der Waals surface area contributed by atoms with Crippen molar-refractivity contribution in [2.24, 2.45) is 5.92 Å². The predicted molar refractivity (Wildman–Crippen MR) is 141 cm³/mol. The first-order chi connectivity index (χ1) is 16.8. The molecule has 7 heteroatoms. The fourth-order valence-electron chi connectivity index (χ4n) is 4.66. The van der Waals surface area contributed by atoms with Crippen LogP contribution in [0, 0.1) is 5.92 Å². The maximum absolute atomic E-state index is 5.85. The minimum atomic E-state index is 0.136. The number of hydrogen-bond acceptors (Lipinski definition) is 7. The molecule has 0 unspecified atom stereocenters. The summed E-state index contributed by atoms with van der Waals surface area (Å²) in [5.74, 6) is 1.76. The van der Waals surface area contributed by atoms with Gasteiger partial charge in [0.25, 0.3) is 0 Å². The Morgan fingerprint density at radius 3 is 2.66 bits per heavy atom. The molecule has 1 aromatic carbocycles. The largest absolute Gasteiger partial charge is 0.373 e. The molecule has 35 heavy (non-hydrogen) atoms. The summed E-state index contributed by atoms with van der Waals surface area (Å²) in [5, 5.41) is 4.39. The van der Waals surface area contributed by atoms with E-state index < -0.39 is 0 Å². The SMILES string of the molecule is CC(C)COCc1nc(Nc2ccc3c(c2)N(C)CC3(C)C)c2ccc(-c3ccccn3)nc2n1. The summed E-state index contributed by atoms with van der Waals surface area (Å²) in [4.78, 5) is 21.1. The summed E-state index contributed by atoms with van der Waals surface area (Å²) >= 11 is 0. The standard InChI is InChI=1S/C28H32N6O/c1-18(2)15-35-16-25-32-26(30-19-9-11-21-24(14-19)34(5)17-28(21,3)4)20-10-12-23(31-27(20)33-25)22-8-6-7-13-29-22/h6-14,18H,15-17H2,1-5H3,(H,30,31,32,33). The number of anilines is 3. The molecular weight excluding hydrogens is 436 g/mol. The van der Waals surface area contributed by atoms with E-state index in [1.54, 1.807) is 6.20 Å². The van der Waals surface area contributed by atoms with Gasteiger partial charge in [0, 0.05) is 43.2 Å². The molecule has 0 atom stereocenters. The molecule has 7 nitrogen and oxygen atoms in total. The fourth-order valence-corrected chi connectivity index (χ4v) is 4.66. The monoisotopic (exact) mass is 468 g/mol. The van der Waals surface area contributed by atoms with Crippen molar-refractivity contribution in [3.63, 3.8) is 0 Å². The Hall–Kier alpha value is -3.58. The maximum Gasteiger partial charge on any atom is 0.165 e. The lowest BCUT2D eigenvalue weighted by molar-refractivity contribution is 0.0925. The molecular formula is C28H32N6O. The van der Waals surface area contributed by atoms with Crippen LogP contribution >= 0.6 is 0 Å². The molecule has 0 saturated carbocycles. The lowest BCUT2D eigenvalue weighted by Crippen LogP contribution is -2.24.